The zero-order valence-electron chi connectivity index (χ0n) is 7.72. The van der Waals surface area contributed by atoms with Gasteiger partial charge < -0.3 is 9.88 Å². The molecule has 0 unspecified atom stereocenters. The van der Waals surface area contributed by atoms with Gasteiger partial charge in [-0.15, -0.1) is 0 Å². The minimum Gasteiger partial charge on any atom is -0.384 e. The zero-order valence-corrected chi connectivity index (χ0v) is 7.72. The third-order valence-corrected chi connectivity index (χ3v) is 1.75. The lowest BCUT2D eigenvalue weighted by Crippen LogP contribution is -1.99. The van der Waals surface area contributed by atoms with Crippen LogP contribution in [-0.4, -0.2) is 16.9 Å². The summed E-state index contributed by atoms with van der Waals surface area (Å²) in [7, 11) is 1.87. The first kappa shape index (κ1) is 8.84. The van der Waals surface area contributed by atoms with E-state index in [1.54, 1.807) is 6.92 Å². The molecule has 3 heteroatoms. The van der Waals surface area contributed by atoms with Crippen molar-refractivity contribution >= 4 is 11.5 Å². The quantitative estimate of drug-likeness (QED) is 0.693. The number of aromatic nitrogens is 1. The van der Waals surface area contributed by atoms with E-state index in [9.17, 15) is 4.79 Å². The molecule has 1 aromatic rings. The van der Waals surface area contributed by atoms with Crippen LogP contribution < -0.4 is 5.32 Å². The fourth-order valence-corrected chi connectivity index (χ4v) is 1.22. The standard InChI is InChI=1S/C9H14N2O/c1-4-10-8-5-9(7(2)12)11(3)6-8/h5-6,10H,4H2,1-3H3. The van der Waals surface area contributed by atoms with Gasteiger partial charge in [-0.1, -0.05) is 0 Å². The number of nitrogens with one attached hydrogen (secondary N) is 1. The predicted octanol–water partition coefficient (Wildman–Crippen LogP) is 1.66. The third kappa shape index (κ3) is 1.67. The molecule has 0 radical (unpaired) electrons. The van der Waals surface area contributed by atoms with Crippen LogP contribution in [0.4, 0.5) is 5.69 Å². The summed E-state index contributed by atoms with van der Waals surface area (Å²) in [4.78, 5) is 11.0. The number of rotatable bonds is 3. The van der Waals surface area contributed by atoms with Crippen molar-refractivity contribution in [3.8, 4) is 0 Å². The van der Waals surface area contributed by atoms with Gasteiger partial charge in [-0.25, -0.2) is 0 Å². The second kappa shape index (κ2) is 3.43. The average molecular weight is 166 g/mol. The van der Waals surface area contributed by atoms with Crippen LogP contribution in [0.5, 0.6) is 0 Å². The molecule has 0 aromatic carbocycles. The average Bonchev–Trinajstić information content (AvgIpc) is 2.32. The van der Waals surface area contributed by atoms with Crippen molar-refractivity contribution in [2.24, 2.45) is 7.05 Å². The summed E-state index contributed by atoms with van der Waals surface area (Å²) in [5, 5.41) is 3.15. The SMILES string of the molecule is CCNc1cc(C(C)=O)n(C)c1. The predicted molar refractivity (Wildman–Crippen MR) is 49.6 cm³/mol. The van der Waals surface area contributed by atoms with Crippen LogP contribution in [0.3, 0.4) is 0 Å². The van der Waals surface area contributed by atoms with Gasteiger partial charge in [0.05, 0.1) is 11.4 Å². The normalized spacial score (nSPS) is 9.92. The molecule has 1 rings (SSSR count). The zero-order chi connectivity index (χ0) is 9.14. The van der Waals surface area contributed by atoms with E-state index in [0.717, 1.165) is 17.9 Å². The topological polar surface area (TPSA) is 34.0 Å². The number of Topliss-reactive ketones (excluding diaryl/α,β-unsaturated/α-hetero) is 1. The van der Waals surface area contributed by atoms with E-state index < -0.39 is 0 Å². The summed E-state index contributed by atoms with van der Waals surface area (Å²) in [6.07, 6.45) is 1.92. The van der Waals surface area contributed by atoms with E-state index in [1.807, 2.05) is 30.8 Å². The Kier molecular flexibility index (Phi) is 2.53. The Morgan fingerprint density at radius 1 is 1.67 bits per heavy atom. The van der Waals surface area contributed by atoms with Crippen LogP contribution in [0.1, 0.15) is 24.3 Å². The van der Waals surface area contributed by atoms with Gasteiger partial charge in [0.2, 0.25) is 0 Å². The number of ketones is 1. The fourth-order valence-electron chi connectivity index (χ4n) is 1.22. The monoisotopic (exact) mass is 166 g/mol. The first-order valence-electron chi connectivity index (χ1n) is 4.06. The Labute approximate surface area is 72.4 Å². The molecule has 0 aliphatic heterocycles. The van der Waals surface area contributed by atoms with E-state index in [4.69, 9.17) is 0 Å². The third-order valence-electron chi connectivity index (χ3n) is 1.75. The van der Waals surface area contributed by atoms with Gasteiger partial charge in [-0.3, -0.25) is 4.79 Å². The smallest absolute Gasteiger partial charge is 0.176 e. The lowest BCUT2D eigenvalue weighted by Gasteiger charge is -1.95. The highest BCUT2D eigenvalue weighted by Gasteiger charge is 2.05. The van der Waals surface area contributed by atoms with Crippen molar-refractivity contribution < 1.29 is 4.79 Å². The van der Waals surface area contributed by atoms with E-state index >= 15 is 0 Å². The van der Waals surface area contributed by atoms with Gasteiger partial charge in [0, 0.05) is 26.7 Å². The van der Waals surface area contributed by atoms with Crippen LogP contribution in [0.15, 0.2) is 12.3 Å². The van der Waals surface area contributed by atoms with Gasteiger partial charge in [-0.2, -0.15) is 0 Å². The summed E-state index contributed by atoms with van der Waals surface area (Å²) in [5.74, 6) is 0.0988. The summed E-state index contributed by atoms with van der Waals surface area (Å²) < 4.78 is 1.83. The molecule has 1 N–H and O–H groups in total. The Morgan fingerprint density at radius 2 is 2.33 bits per heavy atom. The van der Waals surface area contributed by atoms with Crippen LogP contribution in [0.2, 0.25) is 0 Å². The lowest BCUT2D eigenvalue weighted by molar-refractivity contribution is 0.101. The number of carbonyl (C=O) groups is 1. The lowest BCUT2D eigenvalue weighted by atomic mass is 10.3. The molecule has 0 amide bonds. The highest BCUT2D eigenvalue weighted by molar-refractivity contribution is 5.93. The second-order valence-corrected chi connectivity index (χ2v) is 2.81. The van der Waals surface area contributed by atoms with E-state index in [2.05, 4.69) is 5.32 Å². The number of hydrogen-bond acceptors (Lipinski definition) is 2. The maximum absolute atomic E-state index is 11.0. The van der Waals surface area contributed by atoms with Crippen molar-refractivity contribution in [2.75, 3.05) is 11.9 Å². The molecule has 0 bridgehead atoms. The van der Waals surface area contributed by atoms with E-state index in [0.29, 0.717) is 0 Å². The molecular weight excluding hydrogens is 152 g/mol. The summed E-state index contributed by atoms with van der Waals surface area (Å²) >= 11 is 0. The molecule has 0 saturated heterocycles. The van der Waals surface area contributed by atoms with Gasteiger partial charge in [0.25, 0.3) is 0 Å². The molecule has 0 aliphatic carbocycles. The molecule has 0 saturated carbocycles. The maximum Gasteiger partial charge on any atom is 0.176 e. The van der Waals surface area contributed by atoms with Gasteiger partial charge in [-0.05, 0) is 13.0 Å². The number of hydrogen-bond donors (Lipinski definition) is 1. The first-order valence-corrected chi connectivity index (χ1v) is 4.06. The summed E-state index contributed by atoms with van der Waals surface area (Å²) in [6.45, 7) is 4.48. The molecular formula is C9H14N2O. The Morgan fingerprint density at radius 3 is 2.75 bits per heavy atom. The molecule has 0 aliphatic rings. The van der Waals surface area contributed by atoms with E-state index in [1.165, 1.54) is 0 Å². The molecule has 0 fully saturated rings. The van der Waals surface area contributed by atoms with E-state index in [-0.39, 0.29) is 5.78 Å². The highest BCUT2D eigenvalue weighted by Crippen LogP contribution is 2.12. The van der Waals surface area contributed by atoms with Crippen LogP contribution in [0, 0.1) is 0 Å². The number of anilines is 1. The molecule has 3 nitrogen and oxygen atoms in total. The molecule has 12 heavy (non-hydrogen) atoms. The van der Waals surface area contributed by atoms with Gasteiger partial charge in [0.15, 0.2) is 5.78 Å². The van der Waals surface area contributed by atoms with Gasteiger partial charge in [0.1, 0.15) is 0 Å². The van der Waals surface area contributed by atoms with Crippen molar-refractivity contribution in [1.82, 2.24) is 4.57 Å². The Hall–Kier alpha value is -1.25. The minimum atomic E-state index is 0.0988. The summed E-state index contributed by atoms with van der Waals surface area (Å²) in [5.41, 5.74) is 1.75. The highest BCUT2D eigenvalue weighted by atomic mass is 16.1. The van der Waals surface area contributed by atoms with Crippen LogP contribution in [0.25, 0.3) is 0 Å². The van der Waals surface area contributed by atoms with Crippen molar-refractivity contribution in [2.45, 2.75) is 13.8 Å². The number of carbonyl (C=O) groups excluding carboxylic acids is 1. The van der Waals surface area contributed by atoms with Crippen LogP contribution in [-0.2, 0) is 7.05 Å². The largest absolute Gasteiger partial charge is 0.384 e. The summed E-state index contributed by atoms with van der Waals surface area (Å²) in [6, 6.07) is 1.87. The van der Waals surface area contributed by atoms with Gasteiger partial charge >= 0.3 is 0 Å². The van der Waals surface area contributed by atoms with Crippen LogP contribution >= 0.6 is 0 Å². The molecule has 0 spiro atoms. The Bertz CT molecular complexity index is 289. The number of nitrogens with zero attached hydrogens (tertiary/aromatic N) is 1. The molecule has 66 valence electrons. The Balaban J connectivity index is 2.92. The van der Waals surface area contributed by atoms with Crippen molar-refractivity contribution in [1.29, 1.82) is 0 Å². The molecule has 0 atom stereocenters. The molecule has 1 aromatic heterocycles. The van der Waals surface area contributed by atoms with Crippen molar-refractivity contribution in [3.05, 3.63) is 18.0 Å². The first-order chi connectivity index (χ1) is 5.65. The fraction of sp³-hybridized carbons (Fsp3) is 0.444. The minimum absolute atomic E-state index is 0.0988. The second-order valence-electron chi connectivity index (χ2n) is 2.81. The molecule has 1 heterocycles. The number of aryl methyl sites for hydroxylation is 1. The van der Waals surface area contributed by atoms with Crippen molar-refractivity contribution in [3.63, 3.8) is 0 Å². The maximum atomic E-state index is 11.0.